The molecule has 0 aromatic heterocycles. The lowest BCUT2D eigenvalue weighted by atomic mass is 9.58. The Kier molecular flexibility index (Phi) is 8.46. The van der Waals surface area contributed by atoms with Crippen molar-refractivity contribution in [2.45, 2.75) is 112 Å². The first-order valence-electron chi connectivity index (χ1n) is 13.3. The average Bonchev–Trinajstić information content (AvgIpc) is 2.86. The summed E-state index contributed by atoms with van der Waals surface area (Å²) in [6, 6.07) is 7.21. The van der Waals surface area contributed by atoms with Crippen molar-refractivity contribution in [3.8, 4) is 5.75 Å². The Morgan fingerprint density at radius 2 is 1.78 bits per heavy atom. The minimum Gasteiger partial charge on any atom is -0.462 e. The van der Waals surface area contributed by atoms with E-state index in [0.717, 1.165) is 24.8 Å². The van der Waals surface area contributed by atoms with Crippen LogP contribution in [0.4, 0.5) is 0 Å². The number of allylic oxidation sites excluding steroid dienone is 1. The van der Waals surface area contributed by atoms with Crippen LogP contribution in [0.1, 0.15) is 69.8 Å². The predicted octanol–water partition coefficient (Wildman–Crippen LogP) is 1.97. The van der Waals surface area contributed by atoms with Gasteiger partial charge in [-0.1, -0.05) is 37.5 Å². The number of benzene rings is 1. The molecule has 0 spiro atoms. The van der Waals surface area contributed by atoms with Gasteiger partial charge in [-0.25, -0.2) is 0 Å². The molecule has 2 saturated carbocycles. The fourth-order valence-corrected chi connectivity index (χ4v) is 6.51. The van der Waals surface area contributed by atoms with E-state index in [9.17, 15) is 30.6 Å². The maximum absolute atomic E-state index is 12.1. The summed E-state index contributed by atoms with van der Waals surface area (Å²) < 4.78 is 12.2. The van der Waals surface area contributed by atoms with Crippen LogP contribution in [0.15, 0.2) is 36.9 Å². The van der Waals surface area contributed by atoms with E-state index in [4.69, 9.17) is 9.47 Å². The number of ether oxygens (including phenoxy) is 2. The van der Waals surface area contributed by atoms with E-state index < -0.39 is 47.3 Å². The molecule has 8 heteroatoms. The topological polar surface area (TPSA) is 140 Å². The molecule has 1 saturated heterocycles. The van der Waals surface area contributed by atoms with Crippen LogP contribution in [0.5, 0.6) is 5.75 Å². The first-order valence-corrected chi connectivity index (χ1v) is 13.3. The second kappa shape index (κ2) is 11.1. The minimum absolute atomic E-state index is 0.0983. The van der Waals surface area contributed by atoms with Crippen molar-refractivity contribution in [2.24, 2.45) is 5.92 Å². The highest BCUT2D eigenvalue weighted by molar-refractivity contribution is 5.29. The van der Waals surface area contributed by atoms with Crippen molar-refractivity contribution in [3.63, 3.8) is 0 Å². The van der Waals surface area contributed by atoms with Gasteiger partial charge in [0.25, 0.3) is 0 Å². The van der Waals surface area contributed by atoms with Crippen molar-refractivity contribution >= 4 is 0 Å². The van der Waals surface area contributed by atoms with Gasteiger partial charge in [-0.15, -0.1) is 6.58 Å². The summed E-state index contributed by atoms with van der Waals surface area (Å²) in [4.78, 5) is 0. The third-order valence-corrected chi connectivity index (χ3v) is 8.56. The van der Waals surface area contributed by atoms with Gasteiger partial charge in [0.2, 0.25) is 6.29 Å². The van der Waals surface area contributed by atoms with Gasteiger partial charge in [0, 0.05) is 6.61 Å². The molecule has 1 aromatic carbocycles. The van der Waals surface area contributed by atoms with Crippen molar-refractivity contribution in [3.05, 3.63) is 42.5 Å². The molecule has 0 amide bonds. The summed E-state index contributed by atoms with van der Waals surface area (Å²) in [5.74, 6) is -0.181. The largest absolute Gasteiger partial charge is 0.462 e. The molecule has 6 N–H and O–H groups in total. The standard InChI is InChI=1S/C28H42O8/c1-2-7-19-9-11-21(12-10-19)35-25-28(34)20(18-26(32)14-4-3-5-15-26)13-16-27(33,24(28)31)23(36-25)22(30)8-6-17-29/h2,9-12,20,22-25,29-34H,1,3-8,13-18H2/t20-,22+,23-,24+,25-,27-,28+/m1/s1. The summed E-state index contributed by atoms with van der Waals surface area (Å²) in [5.41, 5.74) is -3.83. The van der Waals surface area contributed by atoms with Crippen molar-refractivity contribution in [2.75, 3.05) is 6.61 Å². The van der Waals surface area contributed by atoms with Crippen molar-refractivity contribution in [1.82, 2.24) is 0 Å². The van der Waals surface area contributed by atoms with E-state index in [2.05, 4.69) is 6.58 Å². The van der Waals surface area contributed by atoms with Crippen LogP contribution >= 0.6 is 0 Å². The third kappa shape index (κ3) is 5.23. The lowest BCUT2D eigenvalue weighted by Crippen LogP contribution is -2.79. The number of aliphatic hydroxyl groups is 6. The van der Waals surface area contributed by atoms with Crippen LogP contribution in [0.2, 0.25) is 0 Å². The van der Waals surface area contributed by atoms with E-state index in [-0.39, 0.29) is 25.9 Å². The quantitative estimate of drug-likeness (QED) is 0.265. The predicted molar refractivity (Wildman–Crippen MR) is 133 cm³/mol. The number of hydrogen-bond acceptors (Lipinski definition) is 8. The molecule has 8 nitrogen and oxygen atoms in total. The smallest absolute Gasteiger partial charge is 0.232 e. The average molecular weight is 507 g/mol. The molecule has 1 aliphatic heterocycles. The van der Waals surface area contributed by atoms with Crippen LogP contribution in [-0.4, -0.2) is 78.7 Å². The zero-order valence-corrected chi connectivity index (χ0v) is 21.0. The Morgan fingerprint density at radius 1 is 1.08 bits per heavy atom. The fraction of sp³-hybridized carbons (Fsp3) is 0.714. The highest BCUT2D eigenvalue weighted by Crippen LogP contribution is 2.53. The van der Waals surface area contributed by atoms with Gasteiger partial charge in [0.05, 0.1) is 11.7 Å². The highest BCUT2D eigenvalue weighted by Gasteiger charge is 2.70. The summed E-state index contributed by atoms with van der Waals surface area (Å²) in [5, 5.41) is 66.4. The summed E-state index contributed by atoms with van der Waals surface area (Å²) in [6.07, 6.45) is 2.29. The molecule has 36 heavy (non-hydrogen) atoms. The highest BCUT2D eigenvalue weighted by atomic mass is 16.7. The van der Waals surface area contributed by atoms with Crippen LogP contribution in [-0.2, 0) is 11.2 Å². The molecule has 0 radical (unpaired) electrons. The fourth-order valence-electron chi connectivity index (χ4n) is 6.51. The van der Waals surface area contributed by atoms with Gasteiger partial charge in [0.1, 0.15) is 23.6 Å². The first-order chi connectivity index (χ1) is 17.2. The van der Waals surface area contributed by atoms with Crippen LogP contribution in [0, 0.1) is 5.92 Å². The second-order valence-electron chi connectivity index (χ2n) is 11.1. The molecule has 3 fully saturated rings. The van der Waals surface area contributed by atoms with E-state index in [0.29, 0.717) is 37.9 Å². The Balaban J connectivity index is 1.65. The summed E-state index contributed by atoms with van der Waals surface area (Å²) in [7, 11) is 0. The number of aliphatic hydroxyl groups excluding tert-OH is 3. The zero-order valence-electron chi connectivity index (χ0n) is 21.0. The molecule has 7 atom stereocenters. The molecule has 2 bridgehead atoms. The molecular formula is C28H42O8. The van der Waals surface area contributed by atoms with Crippen molar-refractivity contribution in [1.29, 1.82) is 0 Å². The van der Waals surface area contributed by atoms with Gasteiger partial charge < -0.3 is 40.1 Å². The Labute approximate surface area is 213 Å². The molecule has 1 aromatic rings. The monoisotopic (exact) mass is 506 g/mol. The molecule has 2 aliphatic carbocycles. The summed E-state index contributed by atoms with van der Waals surface area (Å²) >= 11 is 0. The Morgan fingerprint density at radius 3 is 2.42 bits per heavy atom. The lowest BCUT2D eigenvalue weighted by molar-refractivity contribution is -0.388. The lowest BCUT2D eigenvalue weighted by Gasteiger charge is -2.61. The van der Waals surface area contributed by atoms with Gasteiger partial charge in [-0.2, -0.15) is 0 Å². The number of rotatable bonds is 10. The summed E-state index contributed by atoms with van der Waals surface area (Å²) in [6.45, 7) is 3.61. The Hall–Kier alpha value is -1.52. The first kappa shape index (κ1) is 27.5. The molecule has 3 aliphatic rings. The van der Waals surface area contributed by atoms with Gasteiger partial charge in [0.15, 0.2) is 5.60 Å². The minimum atomic E-state index is -2.01. The normalized spacial score (nSPS) is 36.7. The van der Waals surface area contributed by atoms with E-state index in [1.165, 1.54) is 0 Å². The van der Waals surface area contributed by atoms with E-state index >= 15 is 0 Å². The zero-order chi connectivity index (χ0) is 26.0. The molecular weight excluding hydrogens is 464 g/mol. The Bertz CT molecular complexity index is 869. The van der Waals surface area contributed by atoms with Gasteiger partial charge >= 0.3 is 0 Å². The van der Waals surface area contributed by atoms with Crippen LogP contribution < -0.4 is 4.74 Å². The SMILES string of the molecule is C=CCc1ccc(O[C@@H]2O[C@H]([C@@H](O)CCCO)[C@]3(O)CC[C@H](CC4(O)CCCCC4)[C@]2(O)[C@H]3O)cc1. The number of hydrogen-bond donors (Lipinski definition) is 6. The molecule has 1 heterocycles. The van der Waals surface area contributed by atoms with Gasteiger partial charge in [-0.05, 0) is 75.0 Å². The van der Waals surface area contributed by atoms with E-state index in [1.54, 1.807) is 18.2 Å². The van der Waals surface area contributed by atoms with Gasteiger partial charge in [-0.3, -0.25) is 0 Å². The third-order valence-electron chi connectivity index (χ3n) is 8.56. The molecule has 202 valence electrons. The maximum atomic E-state index is 12.1. The second-order valence-corrected chi connectivity index (χ2v) is 11.1. The maximum Gasteiger partial charge on any atom is 0.232 e. The molecule has 4 rings (SSSR count). The molecule has 0 unspecified atom stereocenters. The van der Waals surface area contributed by atoms with Crippen molar-refractivity contribution < 1.29 is 40.1 Å². The van der Waals surface area contributed by atoms with E-state index in [1.807, 2.05) is 12.1 Å². The van der Waals surface area contributed by atoms with Crippen LogP contribution in [0.3, 0.4) is 0 Å². The number of fused-ring (bicyclic) bond motifs is 2. The van der Waals surface area contributed by atoms with Crippen LogP contribution in [0.25, 0.3) is 0 Å².